The molecule has 1 N–H and O–H groups in total. The number of tetrazole rings is 1. The van der Waals surface area contributed by atoms with Crippen LogP contribution in [0.3, 0.4) is 0 Å². The summed E-state index contributed by atoms with van der Waals surface area (Å²) >= 11 is 11.7. The third-order valence-electron chi connectivity index (χ3n) is 2.49. The minimum atomic E-state index is -0.998. The molecule has 116 valence electrons. The molecule has 0 aliphatic carbocycles. The lowest BCUT2D eigenvalue weighted by atomic mass is 10.3. The van der Waals surface area contributed by atoms with E-state index in [1.807, 2.05) is 0 Å². The Morgan fingerprint density at radius 3 is 2.59 bits per heavy atom. The third kappa shape index (κ3) is 4.68. The summed E-state index contributed by atoms with van der Waals surface area (Å²) in [5.74, 6) is -1.15. The van der Waals surface area contributed by atoms with Gasteiger partial charge in [-0.25, -0.2) is 4.68 Å². The summed E-state index contributed by atoms with van der Waals surface area (Å²) in [5, 5.41) is 13.6. The molecule has 8 nitrogen and oxygen atoms in total. The van der Waals surface area contributed by atoms with E-state index in [9.17, 15) is 9.59 Å². The van der Waals surface area contributed by atoms with Gasteiger partial charge in [0, 0.05) is 15.7 Å². The van der Waals surface area contributed by atoms with Crippen molar-refractivity contribution >= 4 is 40.8 Å². The van der Waals surface area contributed by atoms with E-state index in [0.29, 0.717) is 15.7 Å². The van der Waals surface area contributed by atoms with Crippen molar-refractivity contribution in [2.75, 3.05) is 5.32 Å². The molecule has 22 heavy (non-hydrogen) atoms. The number of amides is 1. The smallest absolute Gasteiger partial charge is 0.328 e. The first-order chi connectivity index (χ1) is 10.4. The number of aromatic nitrogens is 4. The largest absolute Gasteiger partial charge is 0.451 e. The standard InChI is InChI=1S/C12H11Cl2N5O3/c1-7(22-11(20)5-19-6-15-17-18-19)12(21)16-10-3-8(13)2-9(14)4-10/h2-4,6-7H,5H2,1H3,(H,16,21)/t7-/m0/s1. The Balaban J connectivity index is 1.90. The van der Waals surface area contributed by atoms with Crippen molar-refractivity contribution in [3.63, 3.8) is 0 Å². The Morgan fingerprint density at radius 2 is 2.00 bits per heavy atom. The normalized spacial score (nSPS) is 11.8. The highest BCUT2D eigenvalue weighted by atomic mass is 35.5. The number of rotatable bonds is 5. The van der Waals surface area contributed by atoms with Crippen molar-refractivity contribution in [3.8, 4) is 0 Å². The van der Waals surface area contributed by atoms with Crippen LogP contribution >= 0.6 is 23.2 Å². The summed E-state index contributed by atoms with van der Waals surface area (Å²) in [6.07, 6.45) is 0.265. The quantitative estimate of drug-likeness (QED) is 0.827. The van der Waals surface area contributed by atoms with Gasteiger partial charge >= 0.3 is 5.97 Å². The molecule has 10 heteroatoms. The van der Waals surface area contributed by atoms with Gasteiger partial charge in [0.2, 0.25) is 0 Å². The molecule has 0 fully saturated rings. The fourth-order valence-corrected chi connectivity index (χ4v) is 2.07. The lowest BCUT2D eigenvalue weighted by molar-refractivity contribution is -0.153. The Morgan fingerprint density at radius 1 is 1.32 bits per heavy atom. The molecule has 1 aromatic carbocycles. The highest BCUT2D eigenvalue weighted by Gasteiger charge is 2.18. The zero-order chi connectivity index (χ0) is 16.1. The van der Waals surface area contributed by atoms with Gasteiger partial charge in [0.25, 0.3) is 5.91 Å². The van der Waals surface area contributed by atoms with Crippen molar-refractivity contribution in [1.29, 1.82) is 0 Å². The number of nitrogens with one attached hydrogen (secondary N) is 1. The van der Waals surface area contributed by atoms with Gasteiger partial charge in [-0.2, -0.15) is 0 Å². The van der Waals surface area contributed by atoms with Gasteiger partial charge in [0.15, 0.2) is 6.10 Å². The molecule has 2 rings (SSSR count). The van der Waals surface area contributed by atoms with Crippen LogP contribution in [0.2, 0.25) is 10.0 Å². The summed E-state index contributed by atoms with van der Waals surface area (Å²) in [4.78, 5) is 23.6. The zero-order valence-electron chi connectivity index (χ0n) is 11.4. The molecule has 1 atom stereocenters. The zero-order valence-corrected chi connectivity index (χ0v) is 12.9. The van der Waals surface area contributed by atoms with E-state index in [-0.39, 0.29) is 6.54 Å². The lowest BCUT2D eigenvalue weighted by Crippen LogP contribution is -2.31. The molecular formula is C12H11Cl2N5O3. The number of esters is 1. The van der Waals surface area contributed by atoms with Gasteiger partial charge < -0.3 is 10.1 Å². The number of halogens is 2. The van der Waals surface area contributed by atoms with Crippen molar-refractivity contribution in [1.82, 2.24) is 20.2 Å². The van der Waals surface area contributed by atoms with E-state index in [2.05, 4.69) is 20.8 Å². The Labute approximate surface area is 135 Å². The van der Waals surface area contributed by atoms with Crippen molar-refractivity contribution in [3.05, 3.63) is 34.6 Å². The number of nitrogens with zero attached hydrogens (tertiary/aromatic N) is 4. The van der Waals surface area contributed by atoms with Crippen LogP contribution in [0.4, 0.5) is 5.69 Å². The summed E-state index contributed by atoms with van der Waals surface area (Å²) in [5.41, 5.74) is 0.408. The molecule has 0 saturated heterocycles. The number of hydrogen-bond acceptors (Lipinski definition) is 6. The lowest BCUT2D eigenvalue weighted by Gasteiger charge is -2.13. The average molecular weight is 344 g/mol. The maximum Gasteiger partial charge on any atom is 0.328 e. The van der Waals surface area contributed by atoms with Gasteiger partial charge in [-0.05, 0) is 35.5 Å². The number of ether oxygens (including phenoxy) is 1. The molecule has 1 amide bonds. The maximum atomic E-state index is 12.0. The van der Waals surface area contributed by atoms with Crippen LogP contribution in [0.5, 0.6) is 0 Å². The predicted molar refractivity (Wildman–Crippen MR) is 78.5 cm³/mol. The van der Waals surface area contributed by atoms with Gasteiger partial charge in [-0.3, -0.25) is 9.59 Å². The molecule has 0 unspecified atom stereocenters. The number of benzene rings is 1. The monoisotopic (exact) mass is 343 g/mol. The van der Waals surface area contributed by atoms with E-state index in [1.165, 1.54) is 36.1 Å². The first-order valence-electron chi connectivity index (χ1n) is 6.11. The second-order valence-corrected chi connectivity index (χ2v) is 5.16. The fourth-order valence-electron chi connectivity index (χ4n) is 1.54. The Bertz CT molecular complexity index is 657. The SMILES string of the molecule is C[C@H](OC(=O)Cn1cnnn1)C(=O)Nc1cc(Cl)cc(Cl)c1. The molecule has 0 aliphatic rings. The van der Waals surface area contributed by atoms with Crippen LogP contribution in [-0.4, -0.2) is 38.2 Å². The van der Waals surface area contributed by atoms with E-state index in [4.69, 9.17) is 27.9 Å². The number of carbonyl (C=O) groups excluding carboxylic acids is 2. The van der Waals surface area contributed by atoms with Gasteiger partial charge in [0.1, 0.15) is 12.9 Å². The predicted octanol–water partition coefficient (Wildman–Crippen LogP) is 1.55. The van der Waals surface area contributed by atoms with Gasteiger partial charge in [0.05, 0.1) is 0 Å². The molecule has 1 heterocycles. The molecule has 2 aromatic rings. The van der Waals surface area contributed by atoms with Gasteiger partial charge in [-0.15, -0.1) is 5.10 Å². The van der Waals surface area contributed by atoms with Crippen LogP contribution in [0.15, 0.2) is 24.5 Å². The second-order valence-electron chi connectivity index (χ2n) is 4.29. The highest BCUT2D eigenvalue weighted by Crippen LogP contribution is 2.22. The summed E-state index contributed by atoms with van der Waals surface area (Å²) in [7, 11) is 0. The first kappa shape index (κ1) is 16.2. The number of anilines is 1. The Kier molecular flexibility index (Phi) is 5.29. The average Bonchev–Trinajstić information content (AvgIpc) is 2.89. The molecule has 0 spiro atoms. The van der Waals surface area contributed by atoms with Crippen LogP contribution in [0, 0.1) is 0 Å². The fraction of sp³-hybridized carbons (Fsp3) is 0.250. The molecule has 0 radical (unpaired) electrons. The van der Waals surface area contributed by atoms with Crippen molar-refractivity contribution < 1.29 is 14.3 Å². The van der Waals surface area contributed by atoms with E-state index >= 15 is 0 Å². The summed E-state index contributed by atoms with van der Waals surface area (Å²) < 4.78 is 6.17. The topological polar surface area (TPSA) is 99.0 Å². The highest BCUT2D eigenvalue weighted by molar-refractivity contribution is 6.35. The minimum absolute atomic E-state index is 0.187. The molecule has 1 aromatic heterocycles. The first-order valence-corrected chi connectivity index (χ1v) is 6.87. The molecular weight excluding hydrogens is 333 g/mol. The van der Waals surface area contributed by atoms with Crippen LogP contribution in [-0.2, 0) is 20.9 Å². The Hall–Kier alpha value is -2.19. The molecule has 0 aliphatic heterocycles. The van der Waals surface area contributed by atoms with E-state index in [1.54, 1.807) is 0 Å². The van der Waals surface area contributed by atoms with E-state index < -0.39 is 18.0 Å². The van der Waals surface area contributed by atoms with Crippen LogP contribution < -0.4 is 5.32 Å². The van der Waals surface area contributed by atoms with Gasteiger partial charge in [-0.1, -0.05) is 23.2 Å². The second kappa shape index (κ2) is 7.19. The maximum absolute atomic E-state index is 12.0. The minimum Gasteiger partial charge on any atom is -0.451 e. The summed E-state index contributed by atoms with van der Waals surface area (Å²) in [6.45, 7) is 1.26. The van der Waals surface area contributed by atoms with Crippen molar-refractivity contribution in [2.24, 2.45) is 0 Å². The molecule has 0 bridgehead atoms. The van der Waals surface area contributed by atoms with Crippen molar-refractivity contribution in [2.45, 2.75) is 19.6 Å². The summed E-state index contributed by atoms with van der Waals surface area (Å²) in [6, 6.07) is 4.59. The molecule has 0 saturated carbocycles. The van der Waals surface area contributed by atoms with Crippen LogP contribution in [0.1, 0.15) is 6.92 Å². The third-order valence-corrected chi connectivity index (χ3v) is 2.93. The van der Waals surface area contributed by atoms with E-state index in [0.717, 1.165) is 0 Å². The number of hydrogen-bond donors (Lipinski definition) is 1. The van der Waals surface area contributed by atoms with Crippen LogP contribution in [0.25, 0.3) is 0 Å². The number of carbonyl (C=O) groups is 2.